The lowest BCUT2D eigenvalue weighted by Crippen LogP contribution is -2.45. The number of aldehydes is 1. The Morgan fingerprint density at radius 1 is 1.31 bits per heavy atom. The summed E-state index contributed by atoms with van der Waals surface area (Å²) < 4.78 is 17.7. The van der Waals surface area contributed by atoms with Crippen molar-refractivity contribution in [2.45, 2.75) is 82.7 Å². The smallest absolute Gasteiger partial charge is 0.305 e. The zero-order valence-electron chi connectivity index (χ0n) is 18.5. The highest BCUT2D eigenvalue weighted by atomic mass is 28.4. The van der Waals surface area contributed by atoms with Crippen molar-refractivity contribution in [3.63, 3.8) is 0 Å². The second-order valence-corrected chi connectivity index (χ2v) is 14.6. The average molecular weight is 419 g/mol. The minimum absolute atomic E-state index is 0.0169. The molecular weight excluding hydrogens is 384 g/mol. The number of hydrogen-bond acceptors (Lipinski definition) is 5. The van der Waals surface area contributed by atoms with E-state index in [0.29, 0.717) is 6.42 Å². The Hall–Kier alpha value is -1.66. The van der Waals surface area contributed by atoms with Crippen LogP contribution < -0.4 is 4.74 Å². The van der Waals surface area contributed by atoms with Gasteiger partial charge in [0.2, 0.25) is 0 Å². The molecule has 0 saturated heterocycles. The number of benzene rings is 1. The molecule has 1 fully saturated rings. The molecule has 0 radical (unpaired) electrons. The first kappa shape index (κ1) is 22.0. The van der Waals surface area contributed by atoms with E-state index < -0.39 is 8.32 Å². The van der Waals surface area contributed by atoms with Crippen LogP contribution in [0, 0.1) is 5.92 Å². The molecule has 4 atom stereocenters. The van der Waals surface area contributed by atoms with E-state index in [0.717, 1.165) is 42.4 Å². The zero-order chi connectivity index (χ0) is 21.4. The molecule has 1 aliphatic carbocycles. The minimum Gasteiger partial charge on any atom is -0.489 e. The summed E-state index contributed by atoms with van der Waals surface area (Å²) in [6, 6.07) is 6.16. The Morgan fingerprint density at radius 2 is 2.03 bits per heavy atom. The van der Waals surface area contributed by atoms with E-state index in [4.69, 9.17) is 13.9 Å². The van der Waals surface area contributed by atoms with Crippen LogP contribution in [0.5, 0.6) is 5.75 Å². The summed E-state index contributed by atoms with van der Waals surface area (Å²) in [5.74, 6) is 0.588. The Labute approximate surface area is 175 Å². The van der Waals surface area contributed by atoms with Crippen LogP contribution in [0.4, 0.5) is 0 Å². The van der Waals surface area contributed by atoms with Crippen molar-refractivity contribution in [3.05, 3.63) is 29.3 Å². The van der Waals surface area contributed by atoms with Gasteiger partial charge in [-0.15, -0.1) is 0 Å². The van der Waals surface area contributed by atoms with Crippen LogP contribution in [-0.4, -0.2) is 39.9 Å². The molecule has 160 valence electrons. The zero-order valence-corrected chi connectivity index (χ0v) is 19.5. The fourth-order valence-corrected chi connectivity index (χ4v) is 5.64. The van der Waals surface area contributed by atoms with E-state index in [1.165, 1.54) is 7.11 Å². The molecule has 0 N–H and O–H groups in total. The topological polar surface area (TPSA) is 61.8 Å². The molecular formula is C23H34O5Si. The molecule has 0 amide bonds. The number of fused-ring (bicyclic) bond motifs is 3. The van der Waals surface area contributed by atoms with Crippen LogP contribution in [0.1, 0.15) is 57.1 Å². The van der Waals surface area contributed by atoms with E-state index in [1.807, 2.05) is 6.07 Å². The lowest BCUT2D eigenvalue weighted by atomic mass is 9.88. The van der Waals surface area contributed by atoms with Crippen molar-refractivity contribution in [1.29, 1.82) is 0 Å². The largest absolute Gasteiger partial charge is 0.489 e. The van der Waals surface area contributed by atoms with E-state index in [1.54, 1.807) is 0 Å². The van der Waals surface area contributed by atoms with Crippen LogP contribution in [0.25, 0.3) is 0 Å². The number of esters is 1. The van der Waals surface area contributed by atoms with Gasteiger partial charge in [-0.1, -0.05) is 39.0 Å². The van der Waals surface area contributed by atoms with E-state index in [2.05, 4.69) is 46.0 Å². The van der Waals surface area contributed by atoms with Gasteiger partial charge in [-0.05, 0) is 36.5 Å². The number of hydrogen-bond donors (Lipinski definition) is 0. The third kappa shape index (κ3) is 4.28. The number of rotatable bonds is 7. The van der Waals surface area contributed by atoms with Crippen molar-refractivity contribution in [3.8, 4) is 5.75 Å². The second kappa shape index (κ2) is 8.23. The summed E-state index contributed by atoms with van der Waals surface area (Å²) in [6.45, 7) is 11.1. The molecule has 0 bridgehead atoms. The molecule has 0 aromatic heterocycles. The Balaban J connectivity index is 1.77. The molecule has 1 aromatic carbocycles. The van der Waals surface area contributed by atoms with Crippen molar-refractivity contribution in [2.75, 3.05) is 7.11 Å². The molecule has 1 aromatic rings. The molecule has 1 heterocycles. The summed E-state index contributed by atoms with van der Waals surface area (Å²) in [7, 11) is -0.557. The van der Waals surface area contributed by atoms with Gasteiger partial charge in [0.25, 0.3) is 0 Å². The third-order valence-electron chi connectivity index (χ3n) is 6.93. The highest BCUT2D eigenvalue weighted by Gasteiger charge is 2.53. The Kier molecular flexibility index (Phi) is 6.25. The molecule has 1 saturated carbocycles. The highest BCUT2D eigenvalue weighted by molar-refractivity contribution is 6.74. The Morgan fingerprint density at radius 3 is 2.66 bits per heavy atom. The number of methoxy groups -OCH3 is 1. The van der Waals surface area contributed by atoms with Crippen molar-refractivity contribution in [2.24, 2.45) is 5.92 Å². The summed E-state index contributed by atoms with van der Waals surface area (Å²) in [5, 5.41) is 0.101. The predicted molar refractivity (Wildman–Crippen MR) is 115 cm³/mol. The maximum atomic E-state index is 12.1. The van der Waals surface area contributed by atoms with Gasteiger partial charge in [-0.25, -0.2) is 0 Å². The van der Waals surface area contributed by atoms with Gasteiger partial charge in [-0.2, -0.15) is 0 Å². The summed E-state index contributed by atoms with van der Waals surface area (Å²) in [5.41, 5.74) is 2.22. The highest BCUT2D eigenvalue weighted by Crippen LogP contribution is 2.53. The van der Waals surface area contributed by atoms with E-state index >= 15 is 0 Å². The lowest BCUT2D eigenvalue weighted by Gasteiger charge is -2.39. The van der Waals surface area contributed by atoms with Gasteiger partial charge in [0.1, 0.15) is 18.1 Å². The predicted octanol–water partition coefficient (Wildman–Crippen LogP) is 4.64. The lowest BCUT2D eigenvalue weighted by molar-refractivity contribution is -0.140. The molecule has 3 rings (SSSR count). The average Bonchev–Trinajstić information content (AvgIpc) is 3.16. The summed E-state index contributed by atoms with van der Waals surface area (Å²) >= 11 is 0. The van der Waals surface area contributed by atoms with Crippen molar-refractivity contribution in [1.82, 2.24) is 0 Å². The van der Waals surface area contributed by atoms with Gasteiger partial charge in [0.15, 0.2) is 8.32 Å². The van der Waals surface area contributed by atoms with Crippen LogP contribution in [-0.2, 0) is 25.2 Å². The van der Waals surface area contributed by atoms with Crippen molar-refractivity contribution < 1.29 is 23.5 Å². The fraction of sp³-hybridized carbons (Fsp3) is 0.652. The molecule has 1 aliphatic heterocycles. The first-order valence-corrected chi connectivity index (χ1v) is 13.5. The molecule has 0 spiro atoms. The standard InChI is InChI=1S/C23H34O5Si/c1-23(2,3)29(5,6)28-18-13-19-21(17(18)14-24)16-11-7-9-15(22(16)27-19)10-8-12-20(25)26-4/h7,9,11,14,17-19,21H,8,10,12-13H2,1-6H3/t17-,18?,19-,21+/m0/s1. The monoisotopic (exact) mass is 418 g/mol. The first-order valence-electron chi connectivity index (χ1n) is 10.6. The third-order valence-corrected chi connectivity index (χ3v) is 11.4. The summed E-state index contributed by atoms with van der Waals surface area (Å²) in [6.07, 6.45) is 3.59. The first-order chi connectivity index (χ1) is 13.6. The van der Waals surface area contributed by atoms with E-state index in [-0.39, 0.29) is 35.1 Å². The van der Waals surface area contributed by atoms with Gasteiger partial charge < -0.3 is 18.7 Å². The maximum absolute atomic E-state index is 12.1. The summed E-state index contributed by atoms with van der Waals surface area (Å²) in [4.78, 5) is 23.5. The number of carbonyl (C=O) groups excluding carboxylic acids is 2. The number of ether oxygens (including phenoxy) is 2. The SMILES string of the molecule is COC(=O)CCCc1cccc2c1O[C@H]1CC(O[Si](C)(C)C(C)(C)C)[C@H](C=O)[C@@H]21. The van der Waals surface area contributed by atoms with Crippen LogP contribution in [0.3, 0.4) is 0 Å². The van der Waals surface area contributed by atoms with E-state index in [9.17, 15) is 9.59 Å². The number of carbonyl (C=O) groups is 2. The number of para-hydroxylation sites is 1. The quantitative estimate of drug-likeness (QED) is 0.367. The van der Waals surface area contributed by atoms with Crippen LogP contribution in [0.15, 0.2) is 18.2 Å². The Bertz CT molecular complexity index is 767. The maximum Gasteiger partial charge on any atom is 0.305 e. The molecule has 2 aliphatic rings. The van der Waals surface area contributed by atoms with Crippen LogP contribution >= 0.6 is 0 Å². The number of aryl methyl sites for hydroxylation is 1. The fourth-order valence-electron chi connectivity index (χ4n) is 4.28. The second-order valence-electron chi connectivity index (χ2n) is 9.81. The molecule has 5 nitrogen and oxygen atoms in total. The molecule has 29 heavy (non-hydrogen) atoms. The van der Waals surface area contributed by atoms with Gasteiger partial charge >= 0.3 is 5.97 Å². The van der Waals surface area contributed by atoms with Crippen molar-refractivity contribution >= 4 is 20.6 Å². The molecule has 6 heteroatoms. The normalized spacial score (nSPS) is 25.9. The van der Waals surface area contributed by atoms with Gasteiger partial charge in [-0.3, -0.25) is 4.79 Å². The van der Waals surface area contributed by atoms with Crippen LogP contribution in [0.2, 0.25) is 18.1 Å². The molecule has 1 unspecified atom stereocenters. The van der Waals surface area contributed by atoms with Gasteiger partial charge in [0.05, 0.1) is 19.1 Å². The van der Waals surface area contributed by atoms with Gasteiger partial charge in [0, 0.05) is 24.3 Å². The minimum atomic E-state index is -1.97.